The van der Waals surface area contributed by atoms with Gasteiger partial charge in [-0.2, -0.15) is 0 Å². The summed E-state index contributed by atoms with van der Waals surface area (Å²) < 4.78 is 12.2. The normalized spacial score (nSPS) is 22.4. The predicted molar refractivity (Wildman–Crippen MR) is 86.9 cm³/mol. The van der Waals surface area contributed by atoms with Gasteiger partial charge in [-0.1, -0.05) is 17.9 Å². The molecule has 0 amide bonds. The molecule has 114 valence electrons. The second-order valence-corrected chi connectivity index (χ2v) is 6.92. The predicted octanol–water partition coefficient (Wildman–Crippen LogP) is 4.39. The van der Waals surface area contributed by atoms with Crippen LogP contribution in [0, 0.1) is 11.8 Å². The fraction of sp³-hybridized carbons (Fsp3) is 0.556. The van der Waals surface area contributed by atoms with Crippen LogP contribution < -0.4 is 4.74 Å². The highest BCUT2D eigenvalue weighted by Crippen LogP contribution is 2.39. The Hall–Kier alpha value is -1.17. The Balaban J connectivity index is 2.10. The largest absolute Gasteiger partial charge is 0.487 e. The fourth-order valence-electron chi connectivity index (χ4n) is 2.72. The van der Waals surface area contributed by atoms with Crippen LogP contribution in [0.4, 0.5) is 0 Å². The van der Waals surface area contributed by atoms with Gasteiger partial charge in [0, 0.05) is 24.3 Å². The van der Waals surface area contributed by atoms with E-state index in [0.29, 0.717) is 12.3 Å². The van der Waals surface area contributed by atoms with E-state index >= 15 is 0 Å². The molecule has 0 bridgehead atoms. The first-order valence-electron chi connectivity index (χ1n) is 7.34. The monoisotopic (exact) mass is 306 g/mol. The summed E-state index contributed by atoms with van der Waals surface area (Å²) in [6, 6.07) is 7.89. The topological polar surface area (TPSA) is 18.5 Å². The van der Waals surface area contributed by atoms with E-state index < -0.39 is 0 Å². The van der Waals surface area contributed by atoms with E-state index in [1.165, 1.54) is 0 Å². The van der Waals surface area contributed by atoms with Crippen LogP contribution >= 0.6 is 11.6 Å². The van der Waals surface area contributed by atoms with Crippen LogP contribution in [0.1, 0.15) is 46.1 Å². The highest BCUT2D eigenvalue weighted by atomic mass is 35.5. The third-order valence-corrected chi connectivity index (χ3v) is 3.75. The van der Waals surface area contributed by atoms with Crippen molar-refractivity contribution in [3.8, 4) is 17.6 Å². The molecule has 1 atom stereocenters. The Kier molecular flexibility index (Phi) is 4.86. The lowest BCUT2D eigenvalue weighted by atomic mass is 9.97. The van der Waals surface area contributed by atoms with E-state index in [2.05, 4.69) is 39.5 Å². The van der Waals surface area contributed by atoms with Crippen LogP contribution in [-0.4, -0.2) is 23.2 Å². The molecule has 1 aliphatic heterocycles. The van der Waals surface area contributed by atoms with Gasteiger partial charge in [-0.15, -0.1) is 11.6 Å². The van der Waals surface area contributed by atoms with Crippen molar-refractivity contribution in [2.45, 2.75) is 57.8 Å². The number of hydrogen-bond donors (Lipinski definition) is 0. The van der Waals surface area contributed by atoms with Crippen molar-refractivity contribution in [2.75, 3.05) is 5.88 Å². The highest BCUT2D eigenvalue weighted by molar-refractivity contribution is 6.18. The summed E-state index contributed by atoms with van der Waals surface area (Å²) in [6.45, 7) is 8.37. The van der Waals surface area contributed by atoms with Crippen LogP contribution in [0.15, 0.2) is 24.3 Å². The molecule has 1 fully saturated rings. The van der Waals surface area contributed by atoms with E-state index in [9.17, 15) is 0 Å². The average molecular weight is 307 g/mol. The van der Waals surface area contributed by atoms with Gasteiger partial charge in [-0.05, 0) is 45.9 Å². The Labute approximate surface area is 132 Å². The molecule has 1 aromatic rings. The quantitative estimate of drug-likeness (QED) is 0.609. The first-order valence-corrected chi connectivity index (χ1v) is 7.88. The second kappa shape index (κ2) is 6.30. The maximum absolute atomic E-state index is 6.15. The molecule has 2 nitrogen and oxygen atoms in total. The molecule has 0 aromatic heterocycles. The van der Waals surface area contributed by atoms with E-state index in [1.807, 2.05) is 24.3 Å². The number of hydrogen-bond acceptors (Lipinski definition) is 2. The van der Waals surface area contributed by atoms with Crippen molar-refractivity contribution in [1.82, 2.24) is 0 Å². The highest BCUT2D eigenvalue weighted by Gasteiger charge is 2.47. The number of benzene rings is 1. The smallest absolute Gasteiger partial charge is 0.130 e. The van der Waals surface area contributed by atoms with Crippen molar-refractivity contribution >= 4 is 11.6 Å². The summed E-state index contributed by atoms with van der Waals surface area (Å²) >= 11 is 5.63. The van der Waals surface area contributed by atoms with Crippen LogP contribution in [0.5, 0.6) is 5.75 Å². The molecule has 1 aliphatic rings. The summed E-state index contributed by atoms with van der Waals surface area (Å²) in [5.74, 6) is 7.54. The van der Waals surface area contributed by atoms with E-state index in [0.717, 1.165) is 17.7 Å². The lowest BCUT2D eigenvalue weighted by molar-refractivity contribution is -0.0846. The van der Waals surface area contributed by atoms with E-state index in [4.69, 9.17) is 21.1 Å². The van der Waals surface area contributed by atoms with Gasteiger partial charge in [-0.3, -0.25) is 0 Å². The molecule has 1 heterocycles. The zero-order chi connectivity index (χ0) is 15.5. The third kappa shape index (κ3) is 4.40. The molecule has 0 N–H and O–H groups in total. The van der Waals surface area contributed by atoms with Gasteiger partial charge < -0.3 is 9.47 Å². The summed E-state index contributed by atoms with van der Waals surface area (Å²) in [5, 5.41) is 0. The minimum Gasteiger partial charge on any atom is -0.487 e. The lowest BCUT2D eigenvalue weighted by Gasteiger charge is -2.27. The number of halogens is 1. The van der Waals surface area contributed by atoms with Crippen LogP contribution in [0.2, 0.25) is 0 Å². The van der Waals surface area contributed by atoms with Gasteiger partial charge in [-0.25, -0.2) is 0 Å². The molecule has 3 heteroatoms. The van der Waals surface area contributed by atoms with Gasteiger partial charge >= 0.3 is 0 Å². The molecule has 0 radical (unpaired) electrons. The first kappa shape index (κ1) is 16.2. The van der Waals surface area contributed by atoms with Gasteiger partial charge in [0.25, 0.3) is 0 Å². The minimum absolute atomic E-state index is 0.0403. The molecule has 1 unspecified atom stereocenters. The van der Waals surface area contributed by atoms with Gasteiger partial charge in [0.1, 0.15) is 17.5 Å². The molecule has 21 heavy (non-hydrogen) atoms. The molecular weight excluding hydrogens is 284 g/mol. The number of alkyl halides is 1. The Morgan fingerprint density at radius 3 is 2.71 bits per heavy atom. The fourth-order valence-corrected chi connectivity index (χ4v) is 2.81. The zero-order valence-electron chi connectivity index (χ0n) is 13.2. The van der Waals surface area contributed by atoms with E-state index in [1.54, 1.807) is 0 Å². The molecular formula is C18H23ClO2. The standard InChI is InChI=1S/C18H23ClO2/c1-17(2)13-16(18(3,4)21-17)20-15-10-7-9-14(12-15)8-5-6-11-19/h7,9-10,12,16H,6,11,13H2,1-4H3. The summed E-state index contributed by atoms with van der Waals surface area (Å²) in [7, 11) is 0. The van der Waals surface area contributed by atoms with Crippen molar-refractivity contribution < 1.29 is 9.47 Å². The summed E-state index contributed by atoms with van der Waals surface area (Å²) in [6.07, 6.45) is 1.62. The number of rotatable bonds is 3. The van der Waals surface area contributed by atoms with Crippen molar-refractivity contribution in [1.29, 1.82) is 0 Å². The third-order valence-electron chi connectivity index (χ3n) is 3.56. The Morgan fingerprint density at radius 1 is 1.33 bits per heavy atom. The average Bonchev–Trinajstić information content (AvgIpc) is 2.58. The Bertz CT molecular complexity index is 552. The van der Waals surface area contributed by atoms with Gasteiger partial charge in [0.15, 0.2) is 0 Å². The molecule has 0 saturated carbocycles. The number of ether oxygens (including phenoxy) is 2. The molecule has 1 saturated heterocycles. The zero-order valence-corrected chi connectivity index (χ0v) is 14.0. The molecule has 1 aromatic carbocycles. The SMILES string of the molecule is CC1(C)CC(Oc2cccc(C#CCCCl)c2)C(C)(C)O1. The van der Waals surface area contributed by atoms with E-state index in [-0.39, 0.29) is 17.3 Å². The molecule has 0 spiro atoms. The summed E-state index contributed by atoms with van der Waals surface area (Å²) in [5.41, 5.74) is 0.518. The van der Waals surface area contributed by atoms with Crippen LogP contribution in [-0.2, 0) is 4.74 Å². The first-order chi connectivity index (χ1) is 9.82. The molecule has 2 rings (SSSR count). The van der Waals surface area contributed by atoms with Crippen molar-refractivity contribution in [3.05, 3.63) is 29.8 Å². The van der Waals surface area contributed by atoms with Crippen molar-refractivity contribution in [2.24, 2.45) is 0 Å². The lowest BCUT2D eigenvalue weighted by Crippen LogP contribution is -2.36. The van der Waals surface area contributed by atoms with Crippen molar-refractivity contribution in [3.63, 3.8) is 0 Å². The second-order valence-electron chi connectivity index (χ2n) is 6.54. The maximum atomic E-state index is 6.15. The van der Waals surface area contributed by atoms with Gasteiger partial charge in [0.05, 0.1) is 5.60 Å². The van der Waals surface area contributed by atoms with Crippen LogP contribution in [0.3, 0.4) is 0 Å². The van der Waals surface area contributed by atoms with Gasteiger partial charge in [0.2, 0.25) is 0 Å². The maximum Gasteiger partial charge on any atom is 0.130 e. The molecule has 0 aliphatic carbocycles. The minimum atomic E-state index is -0.288. The Morgan fingerprint density at radius 2 is 2.10 bits per heavy atom. The van der Waals surface area contributed by atoms with Crippen LogP contribution in [0.25, 0.3) is 0 Å². The summed E-state index contributed by atoms with van der Waals surface area (Å²) in [4.78, 5) is 0.